The van der Waals surface area contributed by atoms with E-state index >= 15 is 0 Å². The van der Waals surface area contributed by atoms with Gasteiger partial charge < -0.3 is 18.8 Å². The van der Waals surface area contributed by atoms with Gasteiger partial charge in [0.2, 0.25) is 0 Å². The maximum atomic E-state index is 5.92. The van der Waals surface area contributed by atoms with Gasteiger partial charge >= 0.3 is 0 Å². The van der Waals surface area contributed by atoms with Crippen molar-refractivity contribution >= 4 is 0 Å². The largest absolute Gasteiger partial charge is 0.379 e. The van der Waals surface area contributed by atoms with Crippen molar-refractivity contribution in [1.82, 2.24) is 9.55 Å². The highest BCUT2D eigenvalue weighted by molar-refractivity contribution is 5.23. The summed E-state index contributed by atoms with van der Waals surface area (Å²) in [5.41, 5.74) is 2.42. The average Bonchev–Trinajstić information content (AvgIpc) is 3.40. The fraction of sp³-hybridized carbons (Fsp3) is 0.710. The molecule has 0 aliphatic carbocycles. The van der Waals surface area contributed by atoms with E-state index in [4.69, 9.17) is 14.2 Å². The molecule has 2 aromatic rings. The number of nitrogens with zero attached hydrogens (tertiary/aromatic N) is 2. The van der Waals surface area contributed by atoms with Crippen molar-refractivity contribution in [2.45, 2.75) is 116 Å². The Morgan fingerprint density at radius 1 is 0.778 bits per heavy atom. The van der Waals surface area contributed by atoms with Crippen LogP contribution in [0.25, 0.3) is 0 Å². The van der Waals surface area contributed by atoms with Gasteiger partial charge in [-0.15, -0.1) is 0 Å². The standard InChI is InChI=1S/C31H52N2O3/c1-3-4-5-6-7-8-9-10-11-12-13-14-15-16-22-35-26-31(34-2)27-36-25-30-19-17-18-29(23-30)24-33-21-20-32-28-33/h17-21,23,28,31H,3-16,22,24-27H2,1-2H3. The Morgan fingerprint density at radius 3 is 2.00 bits per heavy atom. The maximum absolute atomic E-state index is 5.92. The smallest absolute Gasteiger partial charge is 0.104 e. The number of benzene rings is 1. The van der Waals surface area contributed by atoms with Crippen molar-refractivity contribution < 1.29 is 14.2 Å². The molecular weight excluding hydrogens is 448 g/mol. The van der Waals surface area contributed by atoms with Crippen LogP contribution in [0.15, 0.2) is 43.0 Å². The zero-order valence-corrected chi connectivity index (χ0v) is 23.2. The molecule has 0 saturated heterocycles. The molecule has 0 bridgehead atoms. The van der Waals surface area contributed by atoms with Crippen molar-refractivity contribution in [1.29, 1.82) is 0 Å². The van der Waals surface area contributed by atoms with Gasteiger partial charge in [-0.3, -0.25) is 0 Å². The topological polar surface area (TPSA) is 45.5 Å². The first-order chi connectivity index (χ1) is 17.8. The molecule has 0 fully saturated rings. The van der Waals surface area contributed by atoms with Gasteiger partial charge in [-0.2, -0.15) is 0 Å². The predicted octanol–water partition coefficient (Wildman–Crippen LogP) is 7.96. The first-order valence-corrected chi connectivity index (χ1v) is 14.5. The first kappa shape index (κ1) is 30.5. The Labute approximate surface area is 220 Å². The zero-order valence-electron chi connectivity index (χ0n) is 23.2. The molecule has 36 heavy (non-hydrogen) atoms. The Hall–Kier alpha value is -1.69. The lowest BCUT2D eigenvalue weighted by atomic mass is 10.0. The second-order valence-corrected chi connectivity index (χ2v) is 10.1. The van der Waals surface area contributed by atoms with Gasteiger partial charge in [-0.25, -0.2) is 4.98 Å². The predicted molar refractivity (Wildman–Crippen MR) is 149 cm³/mol. The van der Waals surface area contributed by atoms with Crippen LogP contribution in [0.3, 0.4) is 0 Å². The number of hydrogen-bond acceptors (Lipinski definition) is 4. The summed E-state index contributed by atoms with van der Waals surface area (Å²) >= 11 is 0. The number of methoxy groups -OCH3 is 1. The lowest BCUT2D eigenvalue weighted by molar-refractivity contribution is -0.0451. The lowest BCUT2D eigenvalue weighted by Crippen LogP contribution is -2.24. The van der Waals surface area contributed by atoms with Crippen molar-refractivity contribution in [3.05, 3.63) is 54.1 Å². The first-order valence-electron chi connectivity index (χ1n) is 14.5. The van der Waals surface area contributed by atoms with Crippen molar-refractivity contribution in [3.8, 4) is 0 Å². The third-order valence-corrected chi connectivity index (χ3v) is 6.77. The minimum Gasteiger partial charge on any atom is -0.379 e. The molecule has 5 nitrogen and oxygen atoms in total. The van der Waals surface area contributed by atoms with E-state index in [1.807, 2.05) is 12.5 Å². The van der Waals surface area contributed by atoms with Crippen LogP contribution < -0.4 is 0 Å². The summed E-state index contributed by atoms with van der Waals surface area (Å²) in [5, 5.41) is 0. The quantitative estimate of drug-likeness (QED) is 0.137. The lowest BCUT2D eigenvalue weighted by Gasteiger charge is -2.16. The molecule has 1 unspecified atom stereocenters. The average molecular weight is 501 g/mol. The number of ether oxygens (including phenoxy) is 3. The summed E-state index contributed by atoms with van der Waals surface area (Å²) in [6, 6.07) is 8.50. The summed E-state index contributed by atoms with van der Waals surface area (Å²) in [6.07, 6.45) is 24.9. The van der Waals surface area contributed by atoms with E-state index in [0.717, 1.165) is 19.6 Å². The highest BCUT2D eigenvalue weighted by Gasteiger charge is 2.08. The third-order valence-electron chi connectivity index (χ3n) is 6.77. The van der Waals surface area contributed by atoms with Crippen molar-refractivity contribution in [3.63, 3.8) is 0 Å². The summed E-state index contributed by atoms with van der Waals surface area (Å²) < 4.78 is 19.4. The second-order valence-electron chi connectivity index (χ2n) is 10.1. The minimum atomic E-state index is -0.0224. The van der Waals surface area contributed by atoms with Crippen LogP contribution in [0.4, 0.5) is 0 Å². The summed E-state index contributed by atoms with van der Waals surface area (Å²) in [5.74, 6) is 0. The number of hydrogen-bond donors (Lipinski definition) is 0. The molecule has 0 amide bonds. The molecular formula is C31H52N2O3. The van der Waals surface area contributed by atoms with Gasteiger partial charge in [0.15, 0.2) is 0 Å². The van der Waals surface area contributed by atoms with Crippen LogP contribution in [0.2, 0.25) is 0 Å². The molecule has 1 aromatic heterocycles. The van der Waals surface area contributed by atoms with Gasteiger partial charge in [-0.05, 0) is 17.5 Å². The number of unbranched alkanes of at least 4 members (excludes halogenated alkanes) is 13. The van der Waals surface area contributed by atoms with Crippen LogP contribution in [0.5, 0.6) is 0 Å². The SMILES string of the molecule is CCCCCCCCCCCCCCCCOCC(COCc1cccc(Cn2ccnc2)c1)OC. The number of aromatic nitrogens is 2. The van der Waals surface area contributed by atoms with E-state index in [1.165, 1.54) is 94.6 Å². The fourth-order valence-electron chi connectivity index (χ4n) is 4.51. The normalized spacial score (nSPS) is 12.3. The van der Waals surface area contributed by atoms with Crippen molar-refractivity contribution in [2.75, 3.05) is 26.9 Å². The molecule has 0 saturated carbocycles. The third kappa shape index (κ3) is 15.4. The van der Waals surface area contributed by atoms with E-state index in [0.29, 0.717) is 19.8 Å². The van der Waals surface area contributed by atoms with Crippen molar-refractivity contribution in [2.24, 2.45) is 0 Å². The monoisotopic (exact) mass is 500 g/mol. The number of rotatable bonds is 24. The fourth-order valence-corrected chi connectivity index (χ4v) is 4.51. The van der Waals surface area contributed by atoms with Gasteiger partial charge in [0.1, 0.15) is 6.10 Å². The zero-order chi connectivity index (χ0) is 25.5. The van der Waals surface area contributed by atoms with Crippen LogP contribution in [0, 0.1) is 0 Å². The molecule has 1 aromatic carbocycles. The highest BCUT2D eigenvalue weighted by atomic mass is 16.6. The Kier molecular flexibility index (Phi) is 18.2. The molecule has 204 valence electrons. The molecule has 0 aliphatic heterocycles. The molecule has 2 rings (SSSR count). The Morgan fingerprint density at radius 2 is 1.39 bits per heavy atom. The summed E-state index contributed by atoms with van der Waals surface area (Å²) in [4.78, 5) is 4.10. The van der Waals surface area contributed by atoms with Gasteiger partial charge in [0.25, 0.3) is 0 Å². The second kappa shape index (κ2) is 21.4. The highest BCUT2D eigenvalue weighted by Crippen LogP contribution is 2.13. The molecule has 0 radical (unpaired) electrons. The van der Waals surface area contributed by atoms with Crippen LogP contribution in [0.1, 0.15) is 108 Å². The van der Waals surface area contributed by atoms with E-state index < -0.39 is 0 Å². The van der Waals surface area contributed by atoms with Gasteiger partial charge in [0.05, 0.1) is 26.1 Å². The minimum absolute atomic E-state index is 0.0224. The molecule has 0 N–H and O–H groups in total. The van der Waals surface area contributed by atoms with Gasteiger partial charge in [-0.1, -0.05) is 115 Å². The molecule has 5 heteroatoms. The summed E-state index contributed by atoms with van der Waals surface area (Å²) in [7, 11) is 1.73. The van der Waals surface area contributed by atoms with Crippen LogP contribution in [-0.2, 0) is 27.4 Å². The molecule has 0 aliphatic rings. The Balaban J connectivity index is 1.39. The van der Waals surface area contributed by atoms with E-state index in [9.17, 15) is 0 Å². The van der Waals surface area contributed by atoms with Crippen LogP contribution >= 0.6 is 0 Å². The van der Waals surface area contributed by atoms with E-state index in [1.54, 1.807) is 13.3 Å². The number of imidazole rings is 1. The van der Waals surface area contributed by atoms with Crippen LogP contribution in [-0.4, -0.2) is 42.6 Å². The molecule has 1 heterocycles. The van der Waals surface area contributed by atoms with E-state index in [2.05, 4.69) is 40.7 Å². The van der Waals surface area contributed by atoms with E-state index in [-0.39, 0.29) is 6.10 Å². The molecule has 0 spiro atoms. The molecule has 1 atom stereocenters. The maximum Gasteiger partial charge on any atom is 0.104 e. The summed E-state index contributed by atoms with van der Waals surface area (Å²) in [6.45, 7) is 5.64. The van der Waals surface area contributed by atoms with Gasteiger partial charge in [0, 0.05) is 32.7 Å². The Bertz CT molecular complexity index is 735.